The molecule has 0 atom stereocenters. The predicted octanol–water partition coefficient (Wildman–Crippen LogP) is -2.48. The van der Waals surface area contributed by atoms with Gasteiger partial charge in [0.15, 0.2) is 0 Å². The van der Waals surface area contributed by atoms with Crippen molar-refractivity contribution in [2.75, 3.05) is 6.54 Å². The molecule has 0 aromatic carbocycles. The molecule has 0 fully saturated rings. The van der Waals surface area contributed by atoms with Gasteiger partial charge >= 0.3 is 0 Å². The van der Waals surface area contributed by atoms with E-state index in [0.29, 0.717) is 0 Å². The zero-order valence-corrected chi connectivity index (χ0v) is 5.52. The van der Waals surface area contributed by atoms with Gasteiger partial charge < -0.3 is 21.1 Å². The molecule has 0 unspecified atom stereocenters. The Hall–Kier alpha value is 0.130. The molecule has 1 radical (unpaired) electrons. The molecule has 0 aromatic rings. The summed E-state index contributed by atoms with van der Waals surface area (Å²) >= 11 is 0. The standard InChI is InChI=1S/C2H5NO2.Au.H2O/c3-1-2(4)5;;/h1,3H2,(H,4,5);;1H2/p-2. The van der Waals surface area contributed by atoms with E-state index in [1.807, 2.05) is 0 Å². The molecular weight excluding hydrogens is 283 g/mol. The first-order chi connectivity index (χ1) is 2.27. The molecule has 49 valence electrons. The third-order valence-corrected chi connectivity index (χ3v) is 0.167. The Bertz CT molecular complexity index is 48.2. The minimum atomic E-state index is -1.22. The Morgan fingerprint density at radius 2 is 1.86 bits per heavy atom. The zero-order chi connectivity index (χ0) is 4.28. The van der Waals surface area contributed by atoms with Gasteiger partial charge in [-0.1, -0.05) is 0 Å². The number of aliphatic carboxylic acids is 1. The van der Waals surface area contributed by atoms with Crippen LogP contribution in [0.3, 0.4) is 0 Å². The second kappa shape index (κ2) is 9.46. The second-order valence-corrected chi connectivity index (χ2v) is 0.576. The summed E-state index contributed by atoms with van der Waals surface area (Å²) in [6.45, 7) is -0.389. The molecule has 0 amide bonds. The van der Waals surface area contributed by atoms with E-state index in [2.05, 4.69) is 5.73 Å². The third kappa shape index (κ3) is 23.0. The van der Waals surface area contributed by atoms with Gasteiger partial charge in [-0.3, -0.25) is 0 Å². The van der Waals surface area contributed by atoms with Crippen LogP contribution in [0.5, 0.6) is 0 Å². The van der Waals surface area contributed by atoms with E-state index >= 15 is 0 Å². The van der Waals surface area contributed by atoms with Crippen molar-refractivity contribution in [3.8, 4) is 0 Å². The molecule has 4 nitrogen and oxygen atoms in total. The maximum absolute atomic E-state index is 9.13. The summed E-state index contributed by atoms with van der Waals surface area (Å²) in [4.78, 5) is 9.13. The van der Waals surface area contributed by atoms with Crippen molar-refractivity contribution in [1.29, 1.82) is 0 Å². The number of carboxylic acids is 1. The SMILES string of the molecule is NCC(=O)[O-].[Au].[OH-]. The monoisotopic (exact) mass is 288 g/mol. The number of carbonyl (C=O) groups excluding carboxylic acids is 1. The van der Waals surface area contributed by atoms with Crippen LogP contribution in [0.15, 0.2) is 0 Å². The molecule has 0 bridgehead atoms. The fraction of sp³-hybridized carbons (Fsp3) is 0.500. The van der Waals surface area contributed by atoms with Crippen LogP contribution in [-0.2, 0) is 27.2 Å². The van der Waals surface area contributed by atoms with Crippen LogP contribution < -0.4 is 10.8 Å². The third-order valence-electron chi connectivity index (χ3n) is 0.167. The van der Waals surface area contributed by atoms with E-state index < -0.39 is 5.97 Å². The molecule has 0 aromatic heterocycles. The van der Waals surface area contributed by atoms with E-state index in [1.54, 1.807) is 0 Å². The first kappa shape index (κ1) is 15.7. The summed E-state index contributed by atoms with van der Waals surface area (Å²) in [5.41, 5.74) is 4.51. The first-order valence-corrected chi connectivity index (χ1v) is 1.17. The Balaban J connectivity index is -0.0000000800. The van der Waals surface area contributed by atoms with Crippen molar-refractivity contribution >= 4 is 5.97 Å². The second-order valence-electron chi connectivity index (χ2n) is 0.576. The molecule has 5 heteroatoms. The van der Waals surface area contributed by atoms with Gasteiger partial charge in [-0.25, -0.2) is 0 Å². The minimum Gasteiger partial charge on any atom is -0.870 e. The van der Waals surface area contributed by atoms with E-state index in [9.17, 15) is 0 Å². The Morgan fingerprint density at radius 3 is 1.86 bits per heavy atom. The first-order valence-electron chi connectivity index (χ1n) is 1.17. The van der Waals surface area contributed by atoms with Crippen molar-refractivity contribution < 1.29 is 37.8 Å². The Kier molecular flexibility index (Phi) is 21.2. The normalized spacial score (nSPS) is 5.29. The Labute approximate surface area is 56.5 Å². The number of hydrogen-bond acceptors (Lipinski definition) is 4. The van der Waals surface area contributed by atoms with Crippen LogP contribution in [0.2, 0.25) is 0 Å². The number of nitrogens with two attached hydrogens (primary N) is 1. The maximum atomic E-state index is 9.13. The quantitative estimate of drug-likeness (QED) is 0.540. The van der Waals surface area contributed by atoms with Crippen LogP contribution in [-0.4, -0.2) is 18.0 Å². The van der Waals surface area contributed by atoms with Gasteiger partial charge in [-0.15, -0.1) is 0 Å². The molecule has 0 heterocycles. The van der Waals surface area contributed by atoms with Crippen molar-refractivity contribution in [1.82, 2.24) is 0 Å². The van der Waals surface area contributed by atoms with Crippen LogP contribution in [0, 0.1) is 0 Å². The fourth-order valence-electron chi connectivity index (χ4n) is 0. The Morgan fingerprint density at radius 1 is 1.71 bits per heavy atom. The molecule has 0 aliphatic carbocycles. The van der Waals surface area contributed by atoms with Crippen molar-refractivity contribution in [2.45, 2.75) is 0 Å². The number of carbonyl (C=O) groups is 1. The number of carboxylic acid groups (broad SMARTS) is 1. The summed E-state index contributed by atoms with van der Waals surface area (Å²) < 4.78 is 0. The van der Waals surface area contributed by atoms with Crippen LogP contribution >= 0.6 is 0 Å². The molecule has 0 saturated carbocycles. The molecular formula is C2H5AuNO3-2. The van der Waals surface area contributed by atoms with Crippen LogP contribution in [0.4, 0.5) is 0 Å². The number of rotatable bonds is 1. The molecule has 0 saturated heterocycles. The van der Waals surface area contributed by atoms with Gasteiger partial charge in [0, 0.05) is 28.9 Å². The smallest absolute Gasteiger partial charge is 0.0550 e. The summed E-state index contributed by atoms with van der Waals surface area (Å²) in [5, 5.41) is 9.13. The van der Waals surface area contributed by atoms with E-state index in [1.165, 1.54) is 0 Å². The van der Waals surface area contributed by atoms with Crippen LogP contribution in [0.25, 0.3) is 0 Å². The predicted molar refractivity (Wildman–Crippen MR) is 16.0 cm³/mol. The van der Waals surface area contributed by atoms with Gasteiger partial charge in [0.2, 0.25) is 0 Å². The average molecular weight is 288 g/mol. The number of hydrogen-bond donors (Lipinski definition) is 1. The van der Waals surface area contributed by atoms with E-state index in [0.717, 1.165) is 0 Å². The van der Waals surface area contributed by atoms with Crippen molar-refractivity contribution in [3.05, 3.63) is 0 Å². The van der Waals surface area contributed by atoms with Crippen molar-refractivity contribution in [2.24, 2.45) is 5.73 Å². The summed E-state index contributed by atoms with van der Waals surface area (Å²) in [6.07, 6.45) is 0. The van der Waals surface area contributed by atoms with E-state index in [4.69, 9.17) is 9.90 Å². The molecule has 0 spiro atoms. The maximum Gasteiger partial charge on any atom is 0.0550 e. The van der Waals surface area contributed by atoms with Crippen LogP contribution in [0.1, 0.15) is 0 Å². The van der Waals surface area contributed by atoms with Gasteiger partial charge in [-0.2, -0.15) is 0 Å². The summed E-state index contributed by atoms with van der Waals surface area (Å²) in [5.74, 6) is -1.22. The van der Waals surface area contributed by atoms with Crippen molar-refractivity contribution in [3.63, 3.8) is 0 Å². The van der Waals surface area contributed by atoms with Gasteiger partial charge in [-0.05, 0) is 0 Å². The van der Waals surface area contributed by atoms with Gasteiger partial charge in [0.25, 0.3) is 0 Å². The van der Waals surface area contributed by atoms with E-state index in [-0.39, 0.29) is 34.4 Å². The molecule has 7 heavy (non-hydrogen) atoms. The minimum absolute atomic E-state index is 0. The van der Waals surface area contributed by atoms with Gasteiger partial charge in [0.05, 0.1) is 5.97 Å². The molecule has 3 N–H and O–H groups in total. The molecule has 0 aliphatic heterocycles. The zero-order valence-electron chi connectivity index (χ0n) is 3.35. The fourth-order valence-corrected chi connectivity index (χ4v) is 0. The summed E-state index contributed by atoms with van der Waals surface area (Å²) in [7, 11) is 0. The van der Waals surface area contributed by atoms with Gasteiger partial charge in [0.1, 0.15) is 0 Å². The topological polar surface area (TPSA) is 96.2 Å². The molecule has 0 rings (SSSR count). The largest absolute Gasteiger partial charge is 0.870 e. The summed E-state index contributed by atoms with van der Waals surface area (Å²) in [6, 6.07) is 0. The average Bonchev–Trinajstić information content (AvgIpc) is 1.38. The molecule has 0 aliphatic rings.